The monoisotopic (exact) mass is 396 g/mol. The number of nitrogens with one attached hydrogen (secondary N) is 2. The van der Waals surface area contributed by atoms with Crippen LogP contribution < -0.4 is 5.32 Å². The minimum Gasteiger partial charge on any atom is -0.325 e. The third-order valence-electron chi connectivity index (χ3n) is 3.07. The van der Waals surface area contributed by atoms with E-state index in [2.05, 4.69) is 20.5 Å². The second-order valence-corrected chi connectivity index (χ2v) is 6.76. The Hall–Kier alpha value is -2.09. The summed E-state index contributed by atoms with van der Waals surface area (Å²) in [5.74, 6) is -0.271. The van der Waals surface area contributed by atoms with Crippen molar-refractivity contribution in [2.75, 3.05) is 11.1 Å². The van der Waals surface area contributed by atoms with Crippen LogP contribution in [0.4, 0.5) is 10.1 Å². The van der Waals surface area contributed by atoms with Gasteiger partial charge in [0.25, 0.3) is 0 Å². The van der Waals surface area contributed by atoms with Crippen LogP contribution in [-0.2, 0) is 4.79 Å². The molecule has 2 N–H and O–H groups in total. The van der Waals surface area contributed by atoms with Crippen molar-refractivity contribution in [2.24, 2.45) is 0 Å². The first kappa shape index (κ1) is 17.7. The number of benzene rings is 2. The Balaban J connectivity index is 1.60. The van der Waals surface area contributed by atoms with Crippen LogP contribution in [0, 0.1) is 5.82 Å². The van der Waals surface area contributed by atoms with Crippen LogP contribution in [0.2, 0.25) is 10.0 Å². The van der Waals surface area contributed by atoms with Crippen molar-refractivity contribution in [1.82, 2.24) is 15.2 Å². The Bertz CT molecular complexity index is 898. The van der Waals surface area contributed by atoms with Crippen molar-refractivity contribution in [3.8, 4) is 11.4 Å². The van der Waals surface area contributed by atoms with Crippen LogP contribution >= 0.6 is 35.0 Å². The molecular weight excluding hydrogens is 386 g/mol. The van der Waals surface area contributed by atoms with E-state index in [1.165, 1.54) is 6.07 Å². The molecule has 1 heterocycles. The van der Waals surface area contributed by atoms with Crippen LogP contribution in [0.3, 0.4) is 0 Å². The van der Waals surface area contributed by atoms with Gasteiger partial charge in [-0.25, -0.2) is 9.37 Å². The molecule has 3 rings (SSSR count). The van der Waals surface area contributed by atoms with Gasteiger partial charge in [-0.15, -0.1) is 5.10 Å². The predicted molar refractivity (Wildman–Crippen MR) is 97.6 cm³/mol. The molecule has 3 aromatic rings. The average Bonchev–Trinajstić information content (AvgIpc) is 3.01. The molecule has 0 radical (unpaired) electrons. The summed E-state index contributed by atoms with van der Waals surface area (Å²) in [7, 11) is 0. The van der Waals surface area contributed by atoms with Gasteiger partial charge in [-0.2, -0.15) is 0 Å². The minimum atomic E-state index is -0.397. The highest BCUT2D eigenvalue weighted by atomic mass is 35.5. The Morgan fingerprint density at radius 2 is 1.92 bits per heavy atom. The molecule has 1 aromatic heterocycles. The number of thioether (sulfide) groups is 1. The summed E-state index contributed by atoms with van der Waals surface area (Å²) in [5, 5.41) is 10.5. The summed E-state index contributed by atoms with van der Waals surface area (Å²) in [4.78, 5) is 16.2. The lowest BCUT2D eigenvalue weighted by atomic mass is 10.2. The SMILES string of the molecule is O=C(CSc1n[nH]c(-c2ccccc2F)n1)Nc1cc(Cl)cc(Cl)c1. The molecule has 0 unspecified atom stereocenters. The fourth-order valence-electron chi connectivity index (χ4n) is 2.04. The molecule has 2 aromatic carbocycles. The number of carbonyl (C=O) groups is 1. The summed E-state index contributed by atoms with van der Waals surface area (Å²) in [5.41, 5.74) is 0.824. The zero-order chi connectivity index (χ0) is 17.8. The van der Waals surface area contributed by atoms with E-state index >= 15 is 0 Å². The zero-order valence-corrected chi connectivity index (χ0v) is 14.9. The molecule has 0 aliphatic rings. The second kappa shape index (κ2) is 7.86. The van der Waals surface area contributed by atoms with E-state index in [0.29, 0.717) is 32.3 Å². The van der Waals surface area contributed by atoms with E-state index in [1.54, 1.807) is 36.4 Å². The van der Waals surface area contributed by atoms with Crippen molar-refractivity contribution >= 4 is 46.6 Å². The number of hydrogen-bond donors (Lipinski definition) is 2. The molecule has 9 heteroatoms. The molecular formula is C16H11Cl2FN4OS. The molecule has 0 spiro atoms. The Labute approximate surface area is 156 Å². The van der Waals surface area contributed by atoms with Crippen LogP contribution in [0.1, 0.15) is 0 Å². The highest BCUT2D eigenvalue weighted by molar-refractivity contribution is 7.99. The third kappa shape index (κ3) is 4.72. The number of aromatic nitrogens is 3. The van der Waals surface area contributed by atoms with Gasteiger partial charge in [-0.1, -0.05) is 47.1 Å². The molecule has 0 bridgehead atoms. The number of anilines is 1. The van der Waals surface area contributed by atoms with Gasteiger partial charge in [-0.3, -0.25) is 9.89 Å². The largest absolute Gasteiger partial charge is 0.325 e. The molecule has 0 fully saturated rings. The van der Waals surface area contributed by atoms with Crippen LogP contribution in [-0.4, -0.2) is 26.8 Å². The van der Waals surface area contributed by atoms with Gasteiger partial charge in [0.2, 0.25) is 11.1 Å². The minimum absolute atomic E-state index is 0.0820. The third-order valence-corrected chi connectivity index (χ3v) is 4.36. The quantitative estimate of drug-likeness (QED) is 0.615. The maximum absolute atomic E-state index is 13.7. The molecule has 5 nitrogen and oxygen atoms in total. The summed E-state index contributed by atoms with van der Waals surface area (Å²) in [6.07, 6.45) is 0. The average molecular weight is 397 g/mol. The first-order valence-electron chi connectivity index (χ1n) is 7.07. The Morgan fingerprint density at radius 1 is 1.20 bits per heavy atom. The molecule has 0 atom stereocenters. The summed E-state index contributed by atoms with van der Waals surface area (Å²) < 4.78 is 13.7. The van der Waals surface area contributed by atoms with Crippen molar-refractivity contribution in [1.29, 1.82) is 0 Å². The molecule has 0 saturated heterocycles. The predicted octanol–water partition coefficient (Wildman–Crippen LogP) is 4.65. The number of amides is 1. The number of aromatic amines is 1. The van der Waals surface area contributed by atoms with Crippen LogP contribution in [0.25, 0.3) is 11.4 Å². The van der Waals surface area contributed by atoms with E-state index in [1.807, 2.05) is 0 Å². The number of H-pyrrole nitrogens is 1. The fourth-order valence-corrected chi connectivity index (χ4v) is 3.16. The van der Waals surface area contributed by atoms with E-state index in [0.717, 1.165) is 11.8 Å². The van der Waals surface area contributed by atoms with E-state index in [4.69, 9.17) is 23.2 Å². The van der Waals surface area contributed by atoms with E-state index < -0.39 is 5.82 Å². The van der Waals surface area contributed by atoms with E-state index in [-0.39, 0.29) is 11.7 Å². The van der Waals surface area contributed by atoms with Crippen molar-refractivity contribution in [3.05, 3.63) is 58.3 Å². The second-order valence-electron chi connectivity index (χ2n) is 4.94. The van der Waals surface area contributed by atoms with Crippen molar-refractivity contribution < 1.29 is 9.18 Å². The summed E-state index contributed by atoms with van der Waals surface area (Å²) in [6, 6.07) is 11.0. The van der Waals surface area contributed by atoms with Gasteiger partial charge >= 0.3 is 0 Å². The van der Waals surface area contributed by atoms with Gasteiger partial charge in [0, 0.05) is 15.7 Å². The molecule has 0 aliphatic carbocycles. The number of nitrogens with zero attached hydrogens (tertiary/aromatic N) is 2. The van der Waals surface area contributed by atoms with Crippen LogP contribution in [0.5, 0.6) is 0 Å². The number of rotatable bonds is 5. The number of carbonyl (C=O) groups excluding carboxylic acids is 1. The Kier molecular flexibility index (Phi) is 5.57. The smallest absolute Gasteiger partial charge is 0.234 e. The highest BCUT2D eigenvalue weighted by Crippen LogP contribution is 2.24. The number of hydrogen-bond acceptors (Lipinski definition) is 4. The lowest BCUT2D eigenvalue weighted by Crippen LogP contribution is -2.14. The van der Waals surface area contributed by atoms with Gasteiger partial charge in [0.15, 0.2) is 5.82 Å². The topological polar surface area (TPSA) is 70.7 Å². The molecule has 1 amide bonds. The summed E-state index contributed by atoms with van der Waals surface area (Å²) in [6.45, 7) is 0. The lowest BCUT2D eigenvalue weighted by molar-refractivity contribution is -0.113. The van der Waals surface area contributed by atoms with Gasteiger partial charge in [0.1, 0.15) is 5.82 Å². The lowest BCUT2D eigenvalue weighted by Gasteiger charge is -2.05. The highest BCUT2D eigenvalue weighted by Gasteiger charge is 2.12. The normalized spacial score (nSPS) is 10.7. The standard InChI is InChI=1S/C16H11Cl2FN4OS/c17-9-5-10(18)7-11(6-9)20-14(24)8-25-16-21-15(22-23-16)12-3-1-2-4-13(12)19/h1-7H,8H2,(H,20,24)(H,21,22,23). The number of halogens is 3. The van der Waals surface area contributed by atoms with Crippen LogP contribution in [0.15, 0.2) is 47.6 Å². The fraction of sp³-hybridized carbons (Fsp3) is 0.0625. The van der Waals surface area contributed by atoms with Gasteiger partial charge in [-0.05, 0) is 30.3 Å². The van der Waals surface area contributed by atoms with Gasteiger partial charge in [0.05, 0.1) is 11.3 Å². The Morgan fingerprint density at radius 3 is 2.64 bits per heavy atom. The molecule has 0 saturated carbocycles. The molecule has 128 valence electrons. The maximum Gasteiger partial charge on any atom is 0.234 e. The zero-order valence-electron chi connectivity index (χ0n) is 12.6. The summed E-state index contributed by atoms with van der Waals surface area (Å²) >= 11 is 12.9. The molecule has 0 aliphatic heterocycles. The first-order valence-corrected chi connectivity index (χ1v) is 8.81. The maximum atomic E-state index is 13.7. The van der Waals surface area contributed by atoms with Crippen molar-refractivity contribution in [3.63, 3.8) is 0 Å². The molecule has 25 heavy (non-hydrogen) atoms. The first-order chi connectivity index (χ1) is 12.0. The van der Waals surface area contributed by atoms with Gasteiger partial charge < -0.3 is 5.32 Å². The van der Waals surface area contributed by atoms with Crippen molar-refractivity contribution in [2.45, 2.75) is 5.16 Å². The van der Waals surface area contributed by atoms with E-state index in [9.17, 15) is 9.18 Å².